The monoisotopic (exact) mass is 262 g/mol. The standard InChI is InChI=1S/C14H16N2O3/c1-8(17)15-10-7-5-6-9-11(10)13(19)16(12(9)18)14(2,3)4/h5-7H,1-4H3,(H,15,17)/i6D,7D. The molecule has 1 heterocycles. The zero-order valence-corrected chi connectivity index (χ0v) is 11.2. The van der Waals surface area contributed by atoms with Crippen LogP contribution in [0.2, 0.25) is 0 Å². The molecule has 0 spiro atoms. The highest BCUT2D eigenvalue weighted by Gasteiger charge is 2.43. The topological polar surface area (TPSA) is 66.5 Å². The van der Waals surface area contributed by atoms with Gasteiger partial charge in [0.2, 0.25) is 5.91 Å². The van der Waals surface area contributed by atoms with Gasteiger partial charge >= 0.3 is 0 Å². The fourth-order valence-electron chi connectivity index (χ4n) is 2.03. The molecule has 0 fully saturated rings. The summed E-state index contributed by atoms with van der Waals surface area (Å²) in [6.45, 7) is 6.37. The van der Waals surface area contributed by atoms with E-state index < -0.39 is 23.3 Å². The fourth-order valence-corrected chi connectivity index (χ4v) is 2.03. The van der Waals surface area contributed by atoms with Gasteiger partial charge in [0.25, 0.3) is 11.8 Å². The first-order valence-electron chi connectivity index (χ1n) is 6.86. The first-order valence-corrected chi connectivity index (χ1v) is 5.86. The molecule has 5 heteroatoms. The number of benzene rings is 1. The van der Waals surface area contributed by atoms with Crippen LogP contribution in [0.1, 0.15) is 51.2 Å². The van der Waals surface area contributed by atoms with Gasteiger partial charge in [-0.2, -0.15) is 0 Å². The Hall–Kier alpha value is -2.17. The second kappa shape index (κ2) is 4.19. The predicted molar refractivity (Wildman–Crippen MR) is 71.0 cm³/mol. The number of rotatable bonds is 1. The van der Waals surface area contributed by atoms with Crippen molar-refractivity contribution < 1.29 is 17.1 Å². The number of fused-ring (bicyclic) bond motifs is 1. The summed E-state index contributed by atoms with van der Waals surface area (Å²) >= 11 is 0. The molecule has 3 amide bonds. The number of amides is 3. The molecule has 0 aromatic heterocycles. The van der Waals surface area contributed by atoms with Crippen LogP contribution in [0.4, 0.5) is 5.69 Å². The highest BCUT2D eigenvalue weighted by atomic mass is 16.2. The van der Waals surface area contributed by atoms with Gasteiger partial charge in [-0.05, 0) is 32.9 Å². The Morgan fingerprint density at radius 1 is 1.26 bits per heavy atom. The largest absolute Gasteiger partial charge is 0.326 e. The lowest BCUT2D eigenvalue weighted by Crippen LogP contribution is -2.45. The molecule has 0 aliphatic carbocycles. The van der Waals surface area contributed by atoms with E-state index in [4.69, 9.17) is 2.74 Å². The first-order chi connectivity index (χ1) is 9.55. The first kappa shape index (κ1) is 10.7. The lowest BCUT2D eigenvalue weighted by molar-refractivity contribution is -0.114. The lowest BCUT2D eigenvalue weighted by Gasteiger charge is -2.29. The number of hydrogen-bond donors (Lipinski definition) is 1. The highest BCUT2D eigenvalue weighted by molar-refractivity contribution is 6.24. The molecular weight excluding hydrogens is 244 g/mol. The van der Waals surface area contributed by atoms with Crippen molar-refractivity contribution in [3.05, 3.63) is 29.3 Å². The molecule has 1 aromatic carbocycles. The van der Waals surface area contributed by atoms with E-state index in [1.54, 1.807) is 20.8 Å². The normalized spacial score (nSPS) is 16.1. The van der Waals surface area contributed by atoms with E-state index in [0.717, 1.165) is 11.0 Å². The van der Waals surface area contributed by atoms with Gasteiger partial charge in [0.05, 0.1) is 19.6 Å². The van der Waals surface area contributed by atoms with Crippen LogP contribution in [0.3, 0.4) is 0 Å². The quantitative estimate of drug-likeness (QED) is 0.787. The second-order valence-corrected chi connectivity index (χ2v) is 5.36. The van der Waals surface area contributed by atoms with E-state index in [-0.39, 0.29) is 28.9 Å². The fraction of sp³-hybridized carbons (Fsp3) is 0.357. The number of hydrogen-bond acceptors (Lipinski definition) is 3. The van der Waals surface area contributed by atoms with Gasteiger partial charge < -0.3 is 5.32 Å². The molecule has 0 atom stereocenters. The molecule has 1 N–H and O–H groups in total. The summed E-state index contributed by atoms with van der Waals surface area (Å²) in [5.74, 6) is -1.61. The van der Waals surface area contributed by atoms with E-state index >= 15 is 0 Å². The van der Waals surface area contributed by atoms with Crippen molar-refractivity contribution >= 4 is 23.4 Å². The number of carbonyl (C=O) groups is 3. The van der Waals surface area contributed by atoms with Crippen LogP contribution in [0, 0.1) is 0 Å². The maximum absolute atomic E-state index is 12.5. The summed E-state index contributed by atoms with van der Waals surface area (Å²) in [6.07, 6.45) is 0. The van der Waals surface area contributed by atoms with Crippen molar-refractivity contribution in [3.8, 4) is 0 Å². The minimum Gasteiger partial charge on any atom is -0.326 e. The zero-order valence-electron chi connectivity index (χ0n) is 13.2. The Labute approximate surface area is 114 Å². The lowest BCUT2D eigenvalue weighted by atomic mass is 10.1. The van der Waals surface area contributed by atoms with Crippen LogP contribution in [0.15, 0.2) is 18.2 Å². The van der Waals surface area contributed by atoms with E-state index in [2.05, 4.69) is 5.32 Å². The average Bonchev–Trinajstić information content (AvgIpc) is 2.55. The molecule has 19 heavy (non-hydrogen) atoms. The average molecular weight is 262 g/mol. The Balaban J connectivity index is 2.74. The predicted octanol–water partition coefficient (Wildman–Crippen LogP) is 2.04. The smallest absolute Gasteiger partial charge is 0.264 e. The number of carbonyl (C=O) groups excluding carboxylic acids is 3. The summed E-state index contributed by atoms with van der Waals surface area (Å²) in [5.41, 5.74) is -0.897. The maximum Gasteiger partial charge on any atom is 0.264 e. The third kappa shape index (κ3) is 2.12. The molecule has 0 unspecified atom stereocenters. The van der Waals surface area contributed by atoms with Crippen LogP contribution >= 0.6 is 0 Å². The molecule has 1 aromatic rings. The molecule has 0 saturated carbocycles. The van der Waals surface area contributed by atoms with Gasteiger partial charge in [-0.1, -0.05) is 6.07 Å². The minimum atomic E-state index is -0.755. The Morgan fingerprint density at radius 2 is 1.89 bits per heavy atom. The van der Waals surface area contributed by atoms with Crippen molar-refractivity contribution in [2.45, 2.75) is 33.2 Å². The van der Waals surface area contributed by atoms with E-state index in [0.29, 0.717) is 0 Å². The summed E-state index contributed by atoms with van der Waals surface area (Å²) in [4.78, 5) is 37.3. The molecule has 0 radical (unpaired) electrons. The number of nitrogens with zero attached hydrogens (tertiary/aromatic N) is 1. The Morgan fingerprint density at radius 3 is 2.42 bits per heavy atom. The molecule has 2 rings (SSSR count). The Bertz CT molecular complexity index is 678. The molecular formula is C14H16N2O3. The molecule has 5 nitrogen and oxygen atoms in total. The van der Waals surface area contributed by atoms with Crippen LogP contribution in [0.5, 0.6) is 0 Å². The molecule has 1 aliphatic rings. The summed E-state index contributed by atoms with van der Waals surface area (Å²) < 4.78 is 15.7. The van der Waals surface area contributed by atoms with E-state index in [1.165, 1.54) is 6.92 Å². The number of imide groups is 1. The van der Waals surface area contributed by atoms with Crippen LogP contribution in [-0.2, 0) is 4.79 Å². The number of anilines is 1. The van der Waals surface area contributed by atoms with E-state index in [9.17, 15) is 14.4 Å². The van der Waals surface area contributed by atoms with Gasteiger partial charge in [-0.3, -0.25) is 19.3 Å². The molecule has 100 valence electrons. The summed E-state index contributed by atoms with van der Waals surface area (Å²) in [7, 11) is 0. The van der Waals surface area contributed by atoms with E-state index in [1.807, 2.05) is 0 Å². The van der Waals surface area contributed by atoms with Crippen LogP contribution < -0.4 is 5.32 Å². The third-order valence-electron chi connectivity index (χ3n) is 2.74. The summed E-state index contributed by atoms with van der Waals surface area (Å²) in [5, 5.41) is 2.41. The van der Waals surface area contributed by atoms with Crippen molar-refractivity contribution in [3.63, 3.8) is 0 Å². The van der Waals surface area contributed by atoms with Crippen molar-refractivity contribution in [2.24, 2.45) is 0 Å². The van der Waals surface area contributed by atoms with Crippen molar-refractivity contribution in [1.29, 1.82) is 0 Å². The minimum absolute atomic E-state index is 0.0152. The Kier molecular flexibility index (Phi) is 2.36. The molecule has 0 saturated heterocycles. The van der Waals surface area contributed by atoms with Gasteiger partial charge in [0.15, 0.2) is 0 Å². The molecule has 0 bridgehead atoms. The van der Waals surface area contributed by atoms with Crippen LogP contribution in [-0.4, -0.2) is 28.2 Å². The summed E-state index contributed by atoms with van der Waals surface area (Å²) in [6, 6.07) is 0.807. The van der Waals surface area contributed by atoms with Gasteiger partial charge in [0, 0.05) is 12.5 Å². The van der Waals surface area contributed by atoms with Gasteiger partial charge in [-0.15, -0.1) is 0 Å². The maximum atomic E-state index is 12.5. The third-order valence-corrected chi connectivity index (χ3v) is 2.74. The van der Waals surface area contributed by atoms with Gasteiger partial charge in [-0.25, -0.2) is 0 Å². The highest BCUT2D eigenvalue weighted by Crippen LogP contribution is 2.33. The number of nitrogens with one attached hydrogen (secondary N) is 1. The zero-order chi connectivity index (χ0) is 16.1. The van der Waals surface area contributed by atoms with Crippen LogP contribution in [0.25, 0.3) is 0 Å². The molecule has 1 aliphatic heterocycles. The SMILES string of the molecule is [2H]c1cc([2H])c2c(c1NC(C)=O)C(=O)N(C(C)(C)C)C2=O. The van der Waals surface area contributed by atoms with Crippen molar-refractivity contribution in [2.75, 3.05) is 5.32 Å². The van der Waals surface area contributed by atoms with Gasteiger partial charge in [0.1, 0.15) is 0 Å². The second-order valence-electron chi connectivity index (χ2n) is 5.36. The van der Waals surface area contributed by atoms with Crippen molar-refractivity contribution in [1.82, 2.24) is 4.90 Å².